The minimum Gasteiger partial charge on any atom is -0.336 e. The number of nitrogens with zero attached hydrogens (tertiary/aromatic N) is 5. The minimum absolute atomic E-state index is 0.0461. The Kier molecular flexibility index (Phi) is 4.63. The molecule has 23 heavy (non-hydrogen) atoms. The molecule has 0 aliphatic heterocycles. The highest BCUT2D eigenvalue weighted by Crippen LogP contribution is 2.29. The Morgan fingerprint density at radius 3 is 2.91 bits per heavy atom. The number of rotatable bonds is 5. The van der Waals surface area contributed by atoms with E-state index in [2.05, 4.69) is 21.2 Å². The third-order valence-electron chi connectivity index (χ3n) is 3.64. The number of carbonyl (C=O) groups excluding carboxylic acids is 1. The molecule has 0 aliphatic carbocycles. The lowest BCUT2D eigenvalue weighted by molar-refractivity contribution is -0.128. The summed E-state index contributed by atoms with van der Waals surface area (Å²) >= 11 is 3.02. The second kappa shape index (κ2) is 6.67. The van der Waals surface area contributed by atoms with Gasteiger partial charge in [0, 0.05) is 14.1 Å². The molecule has 6 nitrogen and oxygen atoms in total. The summed E-state index contributed by atoms with van der Waals surface area (Å²) in [6.07, 6.45) is 1.63. The van der Waals surface area contributed by atoms with Crippen LogP contribution < -0.4 is 0 Å². The number of thiazole rings is 1. The van der Waals surface area contributed by atoms with Crippen LogP contribution in [0.4, 0.5) is 0 Å². The highest BCUT2D eigenvalue weighted by Gasteiger charge is 2.21. The van der Waals surface area contributed by atoms with E-state index >= 15 is 0 Å². The number of hydrogen-bond donors (Lipinski definition) is 0. The first-order valence-electron chi connectivity index (χ1n) is 7.14. The highest BCUT2D eigenvalue weighted by molar-refractivity contribution is 7.99. The van der Waals surface area contributed by atoms with E-state index in [4.69, 9.17) is 0 Å². The van der Waals surface area contributed by atoms with E-state index in [0.717, 1.165) is 20.4 Å². The number of aryl methyl sites for hydroxylation is 1. The van der Waals surface area contributed by atoms with Gasteiger partial charge in [-0.15, -0.1) is 21.5 Å². The van der Waals surface area contributed by atoms with Gasteiger partial charge in [0.1, 0.15) is 11.3 Å². The molecule has 0 unspecified atom stereocenters. The lowest BCUT2D eigenvalue weighted by Gasteiger charge is -2.23. The molecule has 3 aromatic rings. The van der Waals surface area contributed by atoms with Crippen LogP contribution in [0.5, 0.6) is 0 Å². The molecular formula is C15H17N5OS2. The summed E-state index contributed by atoms with van der Waals surface area (Å²) < 4.78 is 2.94. The molecule has 0 N–H and O–H groups in total. The van der Waals surface area contributed by atoms with E-state index in [-0.39, 0.29) is 11.9 Å². The van der Waals surface area contributed by atoms with Crippen molar-refractivity contribution in [3.8, 4) is 0 Å². The van der Waals surface area contributed by atoms with Gasteiger partial charge in [-0.1, -0.05) is 23.9 Å². The van der Waals surface area contributed by atoms with Gasteiger partial charge in [0.2, 0.25) is 5.91 Å². The molecule has 0 saturated heterocycles. The number of amides is 1. The van der Waals surface area contributed by atoms with Gasteiger partial charge in [0.05, 0.1) is 22.0 Å². The maximum absolute atomic E-state index is 12.4. The van der Waals surface area contributed by atoms with Crippen LogP contribution in [0.1, 0.15) is 18.0 Å². The summed E-state index contributed by atoms with van der Waals surface area (Å²) in [5, 5.41) is 9.47. The second-order valence-electron chi connectivity index (χ2n) is 5.21. The van der Waals surface area contributed by atoms with Crippen molar-refractivity contribution in [3.63, 3.8) is 0 Å². The van der Waals surface area contributed by atoms with E-state index in [1.807, 2.05) is 39.2 Å². The summed E-state index contributed by atoms with van der Waals surface area (Å²) in [7, 11) is 3.68. The summed E-state index contributed by atoms with van der Waals surface area (Å²) in [5.41, 5.74) is 0.980. The molecule has 120 valence electrons. The van der Waals surface area contributed by atoms with Crippen LogP contribution in [0.25, 0.3) is 10.2 Å². The monoisotopic (exact) mass is 347 g/mol. The molecule has 2 aromatic heterocycles. The van der Waals surface area contributed by atoms with E-state index in [0.29, 0.717) is 5.75 Å². The van der Waals surface area contributed by atoms with E-state index in [1.54, 1.807) is 27.1 Å². The third-order valence-corrected chi connectivity index (χ3v) is 5.86. The zero-order chi connectivity index (χ0) is 16.4. The SMILES string of the molecule is C[C@@H](c1nc2ccccc2s1)N(C)C(=O)CSc1nncn1C. The first kappa shape index (κ1) is 15.9. The average molecular weight is 347 g/mol. The molecule has 0 fully saturated rings. The molecule has 1 atom stereocenters. The van der Waals surface area contributed by atoms with Gasteiger partial charge in [-0.3, -0.25) is 4.79 Å². The van der Waals surface area contributed by atoms with Crippen LogP contribution in [-0.2, 0) is 11.8 Å². The number of aromatic nitrogens is 4. The Labute approximate surface area is 142 Å². The number of hydrogen-bond acceptors (Lipinski definition) is 6. The number of para-hydroxylation sites is 1. The summed E-state index contributed by atoms with van der Waals surface area (Å²) in [5.74, 6) is 0.378. The first-order valence-corrected chi connectivity index (χ1v) is 8.94. The smallest absolute Gasteiger partial charge is 0.233 e. The van der Waals surface area contributed by atoms with Crippen molar-refractivity contribution in [2.75, 3.05) is 12.8 Å². The molecule has 0 radical (unpaired) electrons. The van der Waals surface area contributed by atoms with Crippen LogP contribution in [-0.4, -0.2) is 43.4 Å². The van der Waals surface area contributed by atoms with Crippen LogP contribution in [0.15, 0.2) is 35.7 Å². The van der Waals surface area contributed by atoms with Gasteiger partial charge in [-0.05, 0) is 19.1 Å². The Hall–Kier alpha value is -1.93. The van der Waals surface area contributed by atoms with Crippen LogP contribution in [0.3, 0.4) is 0 Å². The first-order chi connectivity index (χ1) is 11.1. The predicted octanol–water partition coefficient (Wildman–Crippen LogP) is 2.74. The van der Waals surface area contributed by atoms with Gasteiger partial charge < -0.3 is 9.47 Å². The average Bonchev–Trinajstić information content (AvgIpc) is 3.17. The number of benzene rings is 1. The number of carbonyl (C=O) groups is 1. The molecule has 0 spiro atoms. The molecule has 2 heterocycles. The fourth-order valence-corrected chi connectivity index (χ4v) is 3.96. The van der Waals surface area contributed by atoms with Crippen LogP contribution in [0, 0.1) is 0 Å². The van der Waals surface area contributed by atoms with Crippen molar-refractivity contribution in [2.45, 2.75) is 18.1 Å². The fraction of sp³-hybridized carbons (Fsp3) is 0.333. The van der Waals surface area contributed by atoms with Crippen molar-refractivity contribution in [1.82, 2.24) is 24.6 Å². The Balaban J connectivity index is 1.67. The molecule has 0 aliphatic rings. The molecule has 1 aromatic carbocycles. The van der Waals surface area contributed by atoms with Gasteiger partial charge in [-0.25, -0.2) is 4.98 Å². The highest BCUT2D eigenvalue weighted by atomic mass is 32.2. The molecular weight excluding hydrogens is 330 g/mol. The minimum atomic E-state index is -0.0556. The molecule has 8 heteroatoms. The molecule has 0 bridgehead atoms. The van der Waals surface area contributed by atoms with Crippen molar-refractivity contribution in [2.24, 2.45) is 7.05 Å². The van der Waals surface area contributed by atoms with E-state index in [1.165, 1.54) is 11.8 Å². The van der Waals surface area contributed by atoms with Crippen molar-refractivity contribution in [3.05, 3.63) is 35.6 Å². The van der Waals surface area contributed by atoms with Gasteiger partial charge in [0.15, 0.2) is 5.16 Å². The Morgan fingerprint density at radius 1 is 1.43 bits per heavy atom. The predicted molar refractivity (Wildman–Crippen MR) is 92.5 cm³/mol. The fourth-order valence-electron chi connectivity index (χ4n) is 2.08. The Morgan fingerprint density at radius 2 is 2.22 bits per heavy atom. The quantitative estimate of drug-likeness (QED) is 0.664. The van der Waals surface area contributed by atoms with Crippen molar-refractivity contribution in [1.29, 1.82) is 0 Å². The van der Waals surface area contributed by atoms with E-state index < -0.39 is 0 Å². The zero-order valence-electron chi connectivity index (χ0n) is 13.1. The second-order valence-corrected chi connectivity index (χ2v) is 7.22. The van der Waals surface area contributed by atoms with Gasteiger partial charge in [-0.2, -0.15) is 0 Å². The van der Waals surface area contributed by atoms with Crippen LogP contribution in [0.2, 0.25) is 0 Å². The van der Waals surface area contributed by atoms with Crippen molar-refractivity contribution < 1.29 is 4.79 Å². The van der Waals surface area contributed by atoms with E-state index in [9.17, 15) is 4.79 Å². The lowest BCUT2D eigenvalue weighted by Crippen LogP contribution is -2.31. The Bertz CT molecular complexity index is 795. The number of fused-ring (bicyclic) bond motifs is 1. The lowest BCUT2D eigenvalue weighted by atomic mass is 10.3. The maximum atomic E-state index is 12.4. The summed E-state index contributed by atoms with van der Waals surface area (Å²) in [6, 6.07) is 7.97. The number of thioether (sulfide) groups is 1. The largest absolute Gasteiger partial charge is 0.336 e. The topological polar surface area (TPSA) is 63.9 Å². The molecule has 0 saturated carbocycles. The normalized spacial score (nSPS) is 12.5. The summed E-state index contributed by atoms with van der Waals surface area (Å²) in [4.78, 5) is 18.8. The molecule has 1 amide bonds. The third kappa shape index (κ3) is 3.37. The maximum Gasteiger partial charge on any atom is 0.233 e. The van der Waals surface area contributed by atoms with Gasteiger partial charge in [0.25, 0.3) is 0 Å². The van der Waals surface area contributed by atoms with Gasteiger partial charge >= 0.3 is 0 Å². The van der Waals surface area contributed by atoms with Crippen LogP contribution >= 0.6 is 23.1 Å². The standard InChI is InChI=1S/C15H17N5OS2/c1-10(14-17-11-6-4-5-7-12(11)23-14)20(3)13(21)8-22-15-18-16-9-19(15)2/h4-7,9-10H,8H2,1-3H3/t10-/m0/s1. The molecule has 3 rings (SSSR count). The van der Waals surface area contributed by atoms with Crippen molar-refractivity contribution >= 4 is 39.2 Å². The zero-order valence-corrected chi connectivity index (χ0v) is 14.8. The summed E-state index contributed by atoms with van der Waals surface area (Å²) in [6.45, 7) is 2.00.